The Hall–Kier alpha value is -2.99. The maximum Gasteiger partial charge on any atom is 0.221 e. The summed E-state index contributed by atoms with van der Waals surface area (Å²) in [5, 5.41) is 7.66. The van der Waals surface area contributed by atoms with E-state index in [2.05, 4.69) is 38.6 Å². The fraction of sp³-hybridized carbons (Fsp3) is 0.286. The highest BCUT2D eigenvalue weighted by atomic mass is 16.1. The van der Waals surface area contributed by atoms with Gasteiger partial charge < -0.3 is 5.32 Å². The lowest BCUT2D eigenvalue weighted by molar-refractivity contribution is -0.121. The Bertz CT molecular complexity index is 907. The van der Waals surface area contributed by atoms with Crippen molar-refractivity contribution in [3.63, 3.8) is 0 Å². The van der Waals surface area contributed by atoms with E-state index in [1.54, 1.807) is 12.4 Å². The minimum absolute atomic E-state index is 0.0548. The lowest BCUT2D eigenvalue weighted by atomic mass is 10.0. The number of benzene rings is 1. The Morgan fingerprint density at radius 1 is 1.15 bits per heavy atom. The molecule has 1 aromatic carbocycles. The van der Waals surface area contributed by atoms with Crippen LogP contribution in [0.5, 0.6) is 0 Å². The van der Waals surface area contributed by atoms with Gasteiger partial charge in [-0.2, -0.15) is 5.10 Å². The largest absolute Gasteiger partial charge is 0.355 e. The molecule has 3 heterocycles. The summed E-state index contributed by atoms with van der Waals surface area (Å²) in [6.07, 6.45) is 6.11. The van der Waals surface area contributed by atoms with E-state index in [1.165, 1.54) is 5.56 Å². The molecule has 0 radical (unpaired) electrons. The molecule has 0 saturated carbocycles. The van der Waals surface area contributed by atoms with Crippen LogP contribution in [0.2, 0.25) is 0 Å². The number of aromatic nitrogens is 3. The van der Waals surface area contributed by atoms with Crippen molar-refractivity contribution in [1.29, 1.82) is 0 Å². The van der Waals surface area contributed by atoms with E-state index in [-0.39, 0.29) is 11.9 Å². The van der Waals surface area contributed by atoms with Crippen molar-refractivity contribution < 1.29 is 4.79 Å². The van der Waals surface area contributed by atoms with Gasteiger partial charge in [0.25, 0.3) is 0 Å². The van der Waals surface area contributed by atoms with Crippen LogP contribution in [0.15, 0.2) is 61.1 Å². The second-order valence-electron chi connectivity index (χ2n) is 6.86. The van der Waals surface area contributed by atoms with Gasteiger partial charge in [0.05, 0.1) is 5.69 Å². The number of nitrogens with one attached hydrogen (secondary N) is 1. The fourth-order valence-corrected chi connectivity index (χ4v) is 3.69. The van der Waals surface area contributed by atoms with E-state index < -0.39 is 0 Å². The first-order valence-corrected chi connectivity index (χ1v) is 9.19. The minimum atomic E-state index is 0.0548. The van der Waals surface area contributed by atoms with Crippen molar-refractivity contribution in [3.05, 3.63) is 72.2 Å². The standard InChI is InChI=1S/C21H23N5O/c1-25-14-18(21(24-25)17-7-9-22-10-8-17)15-26-12-11-23-20(27)13-19(26)16-5-3-2-4-6-16/h2-10,14,19H,11-13,15H2,1H3,(H,23,27). The molecule has 1 N–H and O–H groups in total. The van der Waals surface area contributed by atoms with Crippen LogP contribution in [0.3, 0.4) is 0 Å². The van der Waals surface area contributed by atoms with Crippen LogP contribution < -0.4 is 5.32 Å². The molecule has 3 aromatic rings. The molecule has 1 saturated heterocycles. The predicted molar refractivity (Wildman–Crippen MR) is 104 cm³/mol. The van der Waals surface area contributed by atoms with E-state index in [0.29, 0.717) is 13.0 Å². The molecule has 6 heteroatoms. The molecular formula is C21H23N5O. The van der Waals surface area contributed by atoms with Gasteiger partial charge in [0.15, 0.2) is 0 Å². The van der Waals surface area contributed by atoms with Crippen molar-refractivity contribution in [2.75, 3.05) is 13.1 Å². The minimum Gasteiger partial charge on any atom is -0.355 e. The van der Waals surface area contributed by atoms with Crippen molar-refractivity contribution in [2.24, 2.45) is 7.05 Å². The number of nitrogens with zero attached hydrogens (tertiary/aromatic N) is 4. The van der Waals surface area contributed by atoms with Gasteiger partial charge in [0.2, 0.25) is 5.91 Å². The molecule has 1 aliphatic rings. The third-order valence-corrected chi connectivity index (χ3v) is 4.96. The van der Waals surface area contributed by atoms with Crippen LogP contribution in [-0.2, 0) is 18.4 Å². The van der Waals surface area contributed by atoms with E-state index in [9.17, 15) is 4.79 Å². The summed E-state index contributed by atoms with van der Waals surface area (Å²) in [4.78, 5) is 18.7. The number of rotatable bonds is 4. The van der Waals surface area contributed by atoms with Crippen LogP contribution >= 0.6 is 0 Å². The van der Waals surface area contributed by atoms with Gasteiger partial charge in [-0.05, 0) is 17.7 Å². The molecule has 6 nitrogen and oxygen atoms in total. The lowest BCUT2D eigenvalue weighted by Crippen LogP contribution is -2.30. The van der Waals surface area contributed by atoms with E-state index in [4.69, 9.17) is 0 Å². The van der Waals surface area contributed by atoms with Crippen molar-refractivity contribution in [1.82, 2.24) is 25.0 Å². The molecule has 4 rings (SSSR count). The molecule has 1 atom stereocenters. The molecule has 1 aliphatic heterocycles. The van der Waals surface area contributed by atoms with Crippen molar-refractivity contribution >= 4 is 5.91 Å². The van der Waals surface area contributed by atoms with Gasteiger partial charge in [-0.15, -0.1) is 0 Å². The number of hydrogen-bond donors (Lipinski definition) is 1. The molecule has 0 aliphatic carbocycles. The van der Waals surface area contributed by atoms with E-state index in [0.717, 1.165) is 29.9 Å². The third-order valence-electron chi connectivity index (χ3n) is 4.96. The normalized spacial score (nSPS) is 18.1. The van der Waals surface area contributed by atoms with E-state index in [1.807, 2.05) is 42.1 Å². The molecule has 2 aromatic heterocycles. The highest BCUT2D eigenvalue weighted by Crippen LogP contribution is 2.30. The van der Waals surface area contributed by atoms with Crippen molar-refractivity contribution in [2.45, 2.75) is 19.0 Å². The topological polar surface area (TPSA) is 63.0 Å². The van der Waals surface area contributed by atoms with Gasteiger partial charge >= 0.3 is 0 Å². The lowest BCUT2D eigenvalue weighted by Gasteiger charge is -2.29. The van der Waals surface area contributed by atoms with E-state index >= 15 is 0 Å². The Morgan fingerprint density at radius 2 is 1.93 bits per heavy atom. The number of aryl methyl sites for hydroxylation is 1. The fourth-order valence-electron chi connectivity index (χ4n) is 3.69. The van der Waals surface area contributed by atoms with Crippen LogP contribution in [0, 0.1) is 0 Å². The molecule has 0 bridgehead atoms. The summed E-state index contributed by atoms with van der Waals surface area (Å²) >= 11 is 0. The van der Waals surface area contributed by atoms with Gasteiger partial charge in [0.1, 0.15) is 0 Å². The van der Waals surface area contributed by atoms with Gasteiger partial charge in [-0.3, -0.25) is 19.4 Å². The second kappa shape index (κ2) is 7.72. The summed E-state index contributed by atoms with van der Waals surface area (Å²) in [5.74, 6) is 0.104. The summed E-state index contributed by atoms with van der Waals surface area (Å²) in [7, 11) is 1.94. The van der Waals surface area contributed by atoms with Crippen molar-refractivity contribution in [3.8, 4) is 11.3 Å². The zero-order valence-corrected chi connectivity index (χ0v) is 15.4. The Balaban J connectivity index is 1.67. The summed E-state index contributed by atoms with van der Waals surface area (Å²) in [6.45, 7) is 2.20. The first-order valence-electron chi connectivity index (χ1n) is 9.19. The van der Waals surface area contributed by atoms with Gasteiger partial charge in [0, 0.05) is 68.9 Å². The molecular weight excluding hydrogens is 338 g/mol. The number of amides is 1. The monoisotopic (exact) mass is 361 g/mol. The number of carbonyl (C=O) groups excluding carboxylic acids is 1. The summed E-state index contributed by atoms with van der Waals surface area (Å²) in [5.41, 5.74) is 4.35. The Kier molecular flexibility index (Phi) is 4.98. The maximum atomic E-state index is 12.2. The molecule has 1 amide bonds. The average Bonchev–Trinajstić information content (AvgIpc) is 2.96. The van der Waals surface area contributed by atoms with Crippen LogP contribution in [-0.4, -0.2) is 38.7 Å². The van der Waals surface area contributed by atoms with Crippen LogP contribution in [0.4, 0.5) is 0 Å². The Morgan fingerprint density at radius 3 is 2.70 bits per heavy atom. The first kappa shape index (κ1) is 17.4. The smallest absolute Gasteiger partial charge is 0.221 e. The van der Waals surface area contributed by atoms with Gasteiger partial charge in [-0.25, -0.2) is 0 Å². The number of carbonyl (C=O) groups is 1. The first-order chi connectivity index (χ1) is 13.2. The molecule has 138 valence electrons. The second-order valence-corrected chi connectivity index (χ2v) is 6.86. The zero-order valence-electron chi connectivity index (χ0n) is 15.4. The highest BCUT2D eigenvalue weighted by Gasteiger charge is 2.27. The summed E-state index contributed by atoms with van der Waals surface area (Å²) < 4.78 is 1.85. The number of hydrogen-bond acceptors (Lipinski definition) is 4. The summed E-state index contributed by atoms with van der Waals surface area (Å²) in [6, 6.07) is 14.3. The SMILES string of the molecule is Cn1cc(CN2CCNC(=O)CC2c2ccccc2)c(-c2ccncc2)n1. The molecule has 27 heavy (non-hydrogen) atoms. The molecule has 1 fully saturated rings. The predicted octanol–water partition coefficient (Wildman–Crippen LogP) is 2.55. The molecule has 0 spiro atoms. The maximum absolute atomic E-state index is 12.2. The van der Waals surface area contributed by atoms with Crippen LogP contribution in [0.1, 0.15) is 23.6 Å². The van der Waals surface area contributed by atoms with Crippen LogP contribution in [0.25, 0.3) is 11.3 Å². The molecule has 1 unspecified atom stereocenters. The van der Waals surface area contributed by atoms with Gasteiger partial charge in [-0.1, -0.05) is 30.3 Å². The number of pyridine rings is 1. The average molecular weight is 361 g/mol. The highest BCUT2D eigenvalue weighted by molar-refractivity contribution is 5.77. The quantitative estimate of drug-likeness (QED) is 0.776. The third kappa shape index (κ3) is 3.90. The Labute approximate surface area is 158 Å². The zero-order chi connectivity index (χ0) is 18.6.